The van der Waals surface area contributed by atoms with Crippen LogP contribution >= 0.6 is 24.8 Å². The minimum absolute atomic E-state index is 0. The lowest BCUT2D eigenvalue weighted by molar-refractivity contribution is -0.122. The summed E-state index contributed by atoms with van der Waals surface area (Å²) in [5.74, 6) is 1.56. The van der Waals surface area contributed by atoms with Crippen molar-refractivity contribution >= 4 is 30.7 Å². The van der Waals surface area contributed by atoms with Gasteiger partial charge in [-0.25, -0.2) is 0 Å². The fraction of sp³-hybridized carbons (Fsp3) is 0.650. The molecule has 5 nitrogen and oxygen atoms in total. The summed E-state index contributed by atoms with van der Waals surface area (Å²) in [7, 11) is 4.06. The van der Waals surface area contributed by atoms with Crippen LogP contribution in [0.15, 0.2) is 24.3 Å². The van der Waals surface area contributed by atoms with Crippen LogP contribution in [0.1, 0.15) is 37.7 Å². The lowest BCUT2D eigenvalue weighted by atomic mass is 9.89. The summed E-state index contributed by atoms with van der Waals surface area (Å²) in [6.45, 7) is 2.06. The number of hydrogen-bond donors (Lipinski definition) is 2. The molecule has 1 aromatic carbocycles. The number of fused-ring (bicyclic) bond motifs is 2. The standard InChI is InChI=1S/C20H31N3O2.2ClH/c1-23(2)9-10-25-19-6-4-3-5-16(19)14-21-20(24)13-15-11-17-7-8-18(12-15)22-17;;/h3-6,15,17-18,22H,7-14H2,1-2H3,(H,21,24);2*1H. The first-order valence-corrected chi connectivity index (χ1v) is 9.48. The quantitative estimate of drug-likeness (QED) is 0.682. The molecule has 2 bridgehead atoms. The number of hydrogen-bond acceptors (Lipinski definition) is 4. The topological polar surface area (TPSA) is 53.6 Å². The number of carbonyl (C=O) groups is 1. The van der Waals surface area contributed by atoms with Crippen molar-refractivity contribution in [2.24, 2.45) is 5.92 Å². The van der Waals surface area contributed by atoms with Crippen LogP contribution in [0.3, 0.4) is 0 Å². The van der Waals surface area contributed by atoms with Gasteiger partial charge in [-0.1, -0.05) is 18.2 Å². The van der Waals surface area contributed by atoms with Gasteiger partial charge in [0.05, 0.1) is 0 Å². The number of ether oxygens (including phenoxy) is 1. The summed E-state index contributed by atoms with van der Waals surface area (Å²) >= 11 is 0. The van der Waals surface area contributed by atoms with Crippen molar-refractivity contribution < 1.29 is 9.53 Å². The average Bonchev–Trinajstić information content (AvgIpc) is 2.92. The molecule has 27 heavy (non-hydrogen) atoms. The Morgan fingerprint density at radius 1 is 1.19 bits per heavy atom. The van der Waals surface area contributed by atoms with Crippen LogP contribution in [-0.2, 0) is 11.3 Å². The normalized spacial score (nSPS) is 23.3. The van der Waals surface area contributed by atoms with Crippen LogP contribution in [0, 0.1) is 5.92 Å². The molecule has 2 fully saturated rings. The Labute approximate surface area is 175 Å². The Bertz CT molecular complexity index is 574. The molecule has 2 atom stereocenters. The van der Waals surface area contributed by atoms with E-state index in [1.165, 1.54) is 12.8 Å². The van der Waals surface area contributed by atoms with Crippen molar-refractivity contribution in [2.45, 2.75) is 50.7 Å². The van der Waals surface area contributed by atoms with E-state index >= 15 is 0 Å². The van der Waals surface area contributed by atoms with Crippen molar-refractivity contribution in [3.63, 3.8) is 0 Å². The maximum atomic E-state index is 12.4. The van der Waals surface area contributed by atoms with Crippen molar-refractivity contribution in [1.29, 1.82) is 0 Å². The first-order chi connectivity index (χ1) is 12.1. The number of likely N-dealkylation sites (N-methyl/N-ethyl adjacent to an activating group) is 1. The van der Waals surface area contributed by atoms with Gasteiger partial charge in [0, 0.05) is 37.2 Å². The highest BCUT2D eigenvalue weighted by molar-refractivity contribution is 5.85. The minimum Gasteiger partial charge on any atom is -0.492 e. The molecule has 3 rings (SSSR count). The van der Waals surface area contributed by atoms with E-state index in [-0.39, 0.29) is 30.7 Å². The number of nitrogens with zero attached hydrogens (tertiary/aromatic N) is 1. The molecule has 2 N–H and O–H groups in total. The van der Waals surface area contributed by atoms with E-state index in [1.54, 1.807) is 0 Å². The Hall–Kier alpha value is -1.01. The lowest BCUT2D eigenvalue weighted by Gasteiger charge is -2.28. The zero-order valence-electron chi connectivity index (χ0n) is 16.3. The van der Waals surface area contributed by atoms with Gasteiger partial charge in [0.25, 0.3) is 0 Å². The number of nitrogens with one attached hydrogen (secondary N) is 2. The van der Waals surface area contributed by atoms with Gasteiger partial charge in [0.2, 0.25) is 5.91 Å². The smallest absolute Gasteiger partial charge is 0.220 e. The highest BCUT2D eigenvalue weighted by atomic mass is 35.5. The molecule has 0 radical (unpaired) electrons. The molecule has 2 unspecified atom stereocenters. The molecule has 7 heteroatoms. The highest BCUT2D eigenvalue weighted by Gasteiger charge is 2.34. The van der Waals surface area contributed by atoms with E-state index in [0.29, 0.717) is 37.6 Å². The number of benzene rings is 1. The lowest BCUT2D eigenvalue weighted by Crippen LogP contribution is -2.39. The number of carbonyl (C=O) groups excluding carboxylic acids is 1. The summed E-state index contributed by atoms with van der Waals surface area (Å²) in [6.07, 6.45) is 5.50. The second-order valence-corrected chi connectivity index (χ2v) is 7.72. The van der Waals surface area contributed by atoms with Crippen LogP contribution < -0.4 is 15.4 Å². The third-order valence-corrected chi connectivity index (χ3v) is 5.29. The Kier molecular flexibility index (Phi) is 10.5. The molecule has 154 valence electrons. The van der Waals surface area contributed by atoms with Crippen LogP contribution in [0.5, 0.6) is 5.75 Å². The third-order valence-electron chi connectivity index (χ3n) is 5.29. The van der Waals surface area contributed by atoms with E-state index in [4.69, 9.17) is 4.74 Å². The second-order valence-electron chi connectivity index (χ2n) is 7.72. The average molecular weight is 418 g/mol. The number of piperidine rings is 1. The second kappa shape index (κ2) is 11.7. The fourth-order valence-electron chi connectivity index (χ4n) is 4.00. The van der Waals surface area contributed by atoms with Gasteiger partial charge in [-0.15, -0.1) is 24.8 Å². The van der Waals surface area contributed by atoms with Crippen LogP contribution in [0.25, 0.3) is 0 Å². The van der Waals surface area contributed by atoms with Gasteiger partial charge in [-0.2, -0.15) is 0 Å². The summed E-state index contributed by atoms with van der Waals surface area (Å²) in [6, 6.07) is 9.24. The Balaban J connectivity index is 0.00000182. The molecule has 2 aliphatic rings. The van der Waals surface area contributed by atoms with Gasteiger partial charge in [-0.3, -0.25) is 4.79 Å². The monoisotopic (exact) mass is 417 g/mol. The number of amides is 1. The predicted molar refractivity (Wildman–Crippen MR) is 114 cm³/mol. The van der Waals surface area contributed by atoms with E-state index in [9.17, 15) is 4.79 Å². The maximum Gasteiger partial charge on any atom is 0.220 e. The van der Waals surface area contributed by atoms with Gasteiger partial charge in [0.1, 0.15) is 12.4 Å². The van der Waals surface area contributed by atoms with Crippen molar-refractivity contribution in [3.8, 4) is 5.75 Å². The summed E-state index contributed by atoms with van der Waals surface area (Å²) in [5.41, 5.74) is 1.04. The van der Waals surface area contributed by atoms with Gasteiger partial charge < -0.3 is 20.3 Å². The molecular formula is C20H33Cl2N3O2. The zero-order valence-corrected chi connectivity index (χ0v) is 17.9. The molecule has 0 spiro atoms. The summed E-state index contributed by atoms with van der Waals surface area (Å²) < 4.78 is 5.87. The number of halogens is 2. The molecule has 0 aliphatic carbocycles. The van der Waals surface area contributed by atoms with Crippen LogP contribution in [0.4, 0.5) is 0 Å². The third kappa shape index (κ3) is 7.49. The molecule has 0 saturated carbocycles. The molecule has 1 aromatic rings. The van der Waals surface area contributed by atoms with Crippen molar-refractivity contribution in [1.82, 2.24) is 15.5 Å². The zero-order chi connectivity index (χ0) is 17.6. The first-order valence-electron chi connectivity index (χ1n) is 9.48. The molecule has 2 saturated heterocycles. The van der Waals surface area contributed by atoms with Crippen molar-refractivity contribution in [3.05, 3.63) is 29.8 Å². The van der Waals surface area contributed by atoms with E-state index < -0.39 is 0 Å². The van der Waals surface area contributed by atoms with Gasteiger partial charge in [-0.05, 0) is 51.8 Å². The number of rotatable bonds is 8. The molecule has 0 aromatic heterocycles. The largest absolute Gasteiger partial charge is 0.492 e. The van der Waals surface area contributed by atoms with Crippen molar-refractivity contribution in [2.75, 3.05) is 27.2 Å². The van der Waals surface area contributed by atoms with Gasteiger partial charge in [0.15, 0.2) is 0 Å². The highest BCUT2D eigenvalue weighted by Crippen LogP contribution is 2.32. The van der Waals surface area contributed by atoms with Crippen LogP contribution in [-0.4, -0.2) is 50.1 Å². The first kappa shape index (κ1) is 24.0. The molecular weight excluding hydrogens is 385 g/mol. The fourth-order valence-corrected chi connectivity index (χ4v) is 4.00. The van der Waals surface area contributed by atoms with E-state index in [2.05, 4.69) is 15.5 Å². The molecule has 2 heterocycles. The maximum absolute atomic E-state index is 12.4. The Morgan fingerprint density at radius 3 is 2.52 bits per heavy atom. The predicted octanol–water partition coefficient (Wildman–Crippen LogP) is 3.01. The van der Waals surface area contributed by atoms with Gasteiger partial charge >= 0.3 is 0 Å². The van der Waals surface area contributed by atoms with E-state index in [1.807, 2.05) is 38.4 Å². The minimum atomic E-state index is 0. The van der Waals surface area contributed by atoms with E-state index in [0.717, 1.165) is 30.7 Å². The molecule has 1 amide bonds. The number of para-hydroxylation sites is 1. The molecule has 2 aliphatic heterocycles. The van der Waals surface area contributed by atoms with Crippen LogP contribution in [0.2, 0.25) is 0 Å². The summed E-state index contributed by atoms with van der Waals surface area (Å²) in [4.78, 5) is 14.4. The SMILES string of the molecule is CN(C)CCOc1ccccc1CNC(=O)CC1CC2CCC(C1)N2.Cl.Cl. The summed E-state index contributed by atoms with van der Waals surface area (Å²) in [5, 5.41) is 6.72. The Morgan fingerprint density at radius 2 is 1.85 bits per heavy atom.